The number of amides is 1. The first-order valence-corrected chi connectivity index (χ1v) is 9.40. The zero-order valence-electron chi connectivity index (χ0n) is 15.6. The Hall–Kier alpha value is -2.44. The lowest BCUT2D eigenvalue weighted by Gasteiger charge is -2.18. The monoisotopic (exact) mass is 360 g/mol. The Bertz CT molecular complexity index is 662. The Balaban J connectivity index is 1.52. The van der Waals surface area contributed by atoms with Crippen molar-refractivity contribution in [1.82, 2.24) is 15.5 Å². The van der Waals surface area contributed by atoms with E-state index in [0.717, 1.165) is 49.9 Å². The molecule has 7 nitrogen and oxygen atoms in total. The van der Waals surface area contributed by atoms with Gasteiger partial charge in [-0.05, 0) is 37.5 Å². The smallest absolute Gasteiger partial charge is 0.231 e. The maximum atomic E-state index is 11.8. The second-order valence-corrected chi connectivity index (χ2v) is 6.52. The van der Waals surface area contributed by atoms with Gasteiger partial charge in [0.2, 0.25) is 12.7 Å². The van der Waals surface area contributed by atoms with E-state index in [4.69, 9.17) is 9.47 Å². The summed E-state index contributed by atoms with van der Waals surface area (Å²) in [6.45, 7) is 7.31. The summed E-state index contributed by atoms with van der Waals surface area (Å²) < 4.78 is 10.8. The first-order valence-electron chi connectivity index (χ1n) is 9.40. The van der Waals surface area contributed by atoms with E-state index < -0.39 is 0 Å². The van der Waals surface area contributed by atoms with Crippen molar-refractivity contribution < 1.29 is 14.3 Å². The van der Waals surface area contributed by atoms with Crippen molar-refractivity contribution in [3.63, 3.8) is 0 Å². The molecule has 2 aliphatic heterocycles. The lowest BCUT2D eigenvalue weighted by atomic mass is 10.1. The molecule has 142 valence electrons. The van der Waals surface area contributed by atoms with Crippen molar-refractivity contribution in [3.8, 4) is 11.5 Å². The van der Waals surface area contributed by atoms with Crippen LogP contribution >= 0.6 is 0 Å². The molecule has 1 atom stereocenters. The van der Waals surface area contributed by atoms with Crippen LogP contribution in [0.4, 0.5) is 0 Å². The summed E-state index contributed by atoms with van der Waals surface area (Å²) in [5, 5.41) is 6.74. The Morgan fingerprint density at radius 3 is 2.96 bits per heavy atom. The molecule has 3 rings (SSSR count). The van der Waals surface area contributed by atoms with Crippen LogP contribution < -0.4 is 20.1 Å². The summed E-state index contributed by atoms with van der Waals surface area (Å²) in [5.41, 5.74) is 1.18. The van der Waals surface area contributed by atoms with E-state index in [-0.39, 0.29) is 11.9 Å². The Morgan fingerprint density at radius 2 is 2.15 bits per heavy atom. The fraction of sp³-hybridized carbons (Fsp3) is 0.579. The van der Waals surface area contributed by atoms with E-state index in [2.05, 4.69) is 28.6 Å². The summed E-state index contributed by atoms with van der Waals surface area (Å²) in [5.74, 6) is 2.64. The number of guanidine groups is 1. The zero-order valence-corrected chi connectivity index (χ0v) is 15.6. The number of nitrogens with one attached hydrogen (secondary N) is 2. The topological polar surface area (TPSA) is 75.2 Å². The number of carbonyl (C=O) groups excluding carboxylic acids is 1. The van der Waals surface area contributed by atoms with E-state index in [1.165, 1.54) is 5.56 Å². The molecule has 26 heavy (non-hydrogen) atoms. The fourth-order valence-corrected chi connectivity index (χ4v) is 3.23. The van der Waals surface area contributed by atoms with Gasteiger partial charge in [0.1, 0.15) is 0 Å². The molecule has 1 aromatic rings. The Kier molecular flexibility index (Phi) is 6.20. The highest BCUT2D eigenvalue weighted by atomic mass is 16.7. The number of carbonyl (C=O) groups is 1. The number of rotatable bonds is 6. The minimum Gasteiger partial charge on any atom is -0.454 e. The van der Waals surface area contributed by atoms with Crippen molar-refractivity contribution in [3.05, 3.63) is 23.8 Å². The summed E-state index contributed by atoms with van der Waals surface area (Å²) in [6, 6.07) is 6.27. The van der Waals surface area contributed by atoms with Crippen LogP contribution in [0.5, 0.6) is 11.5 Å². The molecule has 0 bridgehead atoms. The molecule has 2 aliphatic rings. The van der Waals surface area contributed by atoms with Crippen LogP contribution in [0.3, 0.4) is 0 Å². The van der Waals surface area contributed by atoms with Gasteiger partial charge in [0, 0.05) is 38.6 Å². The number of nitrogens with zero attached hydrogens (tertiary/aromatic N) is 2. The number of aliphatic imine (C=N–C) groups is 1. The third-order valence-electron chi connectivity index (χ3n) is 4.64. The first-order chi connectivity index (χ1) is 12.7. The molecule has 1 unspecified atom stereocenters. The second kappa shape index (κ2) is 8.78. The van der Waals surface area contributed by atoms with Gasteiger partial charge < -0.3 is 25.0 Å². The van der Waals surface area contributed by atoms with Gasteiger partial charge >= 0.3 is 0 Å². The molecular formula is C19H28N4O3. The largest absolute Gasteiger partial charge is 0.454 e. The van der Waals surface area contributed by atoms with Gasteiger partial charge in [-0.3, -0.25) is 9.79 Å². The average molecular weight is 360 g/mol. The third kappa shape index (κ3) is 4.59. The summed E-state index contributed by atoms with van der Waals surface area (Å²) in [7, 11) is 0. The van der Waals surface area contributed by atoms with Crippen molar-refractivity contribution in [2.75, 3.05) is 33.0 Å². The minimum absolute atomic E-state index is 0.221. The van der Waals surface area contributed by atoms with Crippen molar-refractivity contribution in [1.29, 1.82) is 0 Å². The van der Waals surface area contributed by atoms with Crippen molar-refractivity contribution in [2.45, 2.75) is 39.2 Å². The van der Waals surface area contributed by atoms with E-state index in [9.17, 15) is 4.79 Å². The van der Waals surface area contributed by atoms with Crippen LogP contribution in [-0.4, -0.2) is 55.8 Å². The van der Waals surface area contributed by atoms with Gasteiger partial charge in [-0.2, -0.15) is 0 Å². The normalized spacial score (nSPS) is 18.9. The van der Waals surface area contributed by atoms with Crippen molar-refractivity contribution in [2.24, 2.45) is 4.99 Å². The molecule has 0 radical (unpaired) electrons. The van der Waals surface area contributed by atoms with Gasteiger partial charge in [-0.15, -0.1) is 0 Å². The lowest BCUT2D eigenvalue weighted by molar-refractivity contribution is -0.129. The van der Waals surface area contributed by atoms with Gasteiger partial charge in [0.05, 0.1) is 0 Å². The van der Waals surface area contributed by atoms with E-state index in [0.29, 0.717) is 19.8 Å². The van der Waals surface area contributed by atoms with Gasteiger partial charge in [0.25, 0.3) is 0 Å². The summed E-state index contributed by atoms with van der Waals surface area (Å²) >= 11 is 0. The molecular weight excluding hydrogens is 332 g/mol. The van der Waals surface area contributed by atoms with Crippen molar-refractivity contribution >= 4 is 11.9 Å². The maximum absolute atomic E-state index is 11.8. The fourth-order valence-electron chi connectivity index (χ4n) is 3.23. The predicted molar refractivity (Wildman–Crippen MR) is 101 cm³/mol. The molecule has 1 saturated heterocycles. The highest BCUT2D eigenvalue weighted by molar-refractivity contribution is 5.80. The number of benzene rings is 1. The van der Waals surface area contributed by atoms with E-state index >= 15 is 0 Å². The summed E-state index contributed by atoms with van der Waals surface area (Å²) in [4.78, 5) is 18.4. The van der Waals surface area contributed by atoms with E-state index in [1.54, 1.807) is 0 Å². The minimum atomic E-state index is 0.221. The number of ether oxygens (including phenoxy) is 2. The average Bonchev–Trinajstić information content (AvgIpc) is 3.30. The molecule has 0 aromatic heterocycles. The molecule has 1 fully saturated rings. The maximum Gasteiger partial charge on any atom is 0.231 e. The SMILES string of the molecule is CCNC(=NCCc1ccc2c(c1)OCO2)NC1CCN(C(=O)CC)C1. The number of fused-ring (bicyclic) bond motifs is 1. The highest BCUT2D eigenvalue weighted by Crippen LogP contribution is 2.32. The van der Waals surface area contributed by atoms with Crippen LogP contribution in [-0.2, 0) is 11.2 Å². The number of hydrogen-bond acceptors (Lipinski definition) is 4. The molecule has 1 amide bonds. The molecule has 0 spiro atoms. The Labute approximate surface area is 154 Å². The standard InChI is InChI=1S/C19H28N4O3/c1-3-18(24)23-10-8-15(12-23)22-19(20-4-2)21-9-7-14-5-6-16-17(11-14)26-13-25-16/h5-6,11,15H,3-4,7-10,12-13H2,1-2H3,(H2,20,21,22). The van der Waals surface area contributed by atoms with Gasteiger partial charge in [-0.1, -0.05) is 13.0 Å². The molecule has 7 heteroatoms. The van der Waals surface area contributed by atoms with Gasteiger partial charge in [0.15, 0.2) is 17.5 Å². The highest BCUT2D eigenvalue weighted by Gasteiger charge is 2.25. The zero-order chi connectivity index (χ0) is 18.4. The Morgan fingerprint density at radius 1 is 1.31 bits per heavy atom. The van der Waals surface area contributed by atoms with E-state index in [1.807, 2.05) is 24.0 Å². The lowest BCUT2D eigenvalue weighted by Crippen LogP contribution is -2.45. The quantitative estimate of drug-likeness (QED) is 0.594. The van der Waals surface area contributed by atoms with Crippen LogP contribution in [0.2, 0.25) is 0 Å². The van der Waals surface area contributed by atoms with Gasteiger partial charge in [-0.25, -0.2) is 0 Å². The molecule has 1 aromatic carbocycles. The molecule has 2 N–H and O–H groups in total. The first kappa shape index (κ1) is 18.4. The van der Waals surface area contributed by atoms with Crippen LogP contribution in [0.15, 0.2) is 23.2 Å². The summed E-state index contributed by atoms with van der Waals surface area (Å²) in [6.07, 6.45) is 2.35. The van der Waals surface area contributed by atoms with Crippen LogP contribution in [0.1, 0.15) is 32.3 Å². The molecule has 0 saturated carbocycles. The third-order valence-corrected chi connectivity index (χ3v) is 4.64. The molecule has 2 heterocycles. The number of hydrogen-bond donors (Lipinski definition) is 2. The predicted octanol–water partition coefficient (Wildman–Crippen LogP) is 1.52. The second-order valence-electron chi connectivity index (χ2n) is 6.52. The molecule has 0 aliphatic carbocycles. The number of likely N-dealkylation sites (tertiary alicyclic amines) is 1. The van der Waals surface area contributed by atoms with Crippen LogP contribution in [0.25, 0.3) is 0 Å². The van der Waals surface area contributed by atoms with Crippen LogP contribution in [0, 0.1) is 0 Å².